The first-order valence-corrected chi connectivity index (χ1v) is 10.2. The number of nitrogens with two attached hydrogens (primary N) is 1. The van der Waals surface area contributed by atoms with Crippen LogP contribution in [-0.2, 0) is 9.53 Å². The fourth-order valence-electron chi connectivity index (χ4n) is 3.89. The number of hydrogen-bond acceptors (Lipinski definition) is 9. The van der Waals surface area contributed by atoms with Gasteiger partial charge in [-0.05, 0) is 40.5 Å². The fraction of sp³-hybridized carbons (Fsp3) is 0.684. The maximum atomic E-state index is 13.7. The number of anilines is 3. The van der Waals surface area contributed by atoms with Crippen molar-refractivity contribution in [2.45, 2.75) is 70.4 Å². The van der Waals surface area contributed by atoms with E-state index in [-0.39, 0.29) is 24.0 Å². The standard InChI is InChI=1S/C19H30N6O6/c1-9(26)13(27)11-8-21-14-12(15(28)23-17(20)22-14)25(11)16(29)10-6-5-7-24(10)18(30)31-19(2,3)4/h9-11,13,26-27H,5-8H2,1-4H3,(H4,20,21,22,23,28). The summed E-state index contributed by atoms with van der Waals surface area (Å²) in [6.07, 6.45) is -2.20. The van der Waals surface area contributed by atoms with Crippen molar-refractivity contribution < 1.29 is 24.5 Å². The van der Waals surface area contributed by atoms with Crippen molar-refractivity contribution >= 4 is 29.5 Å². The van der Waals surface area contributed by atoms with Gasteiger partial charge in [-0.15, -0.1) is 0 Å². The van der Waals surface area contributed by atoms with Crippen LogP contribution < -0.4 is 21.5 Å². The number of aromatic amines is 1. The van der Waals surface area contributed by atoms with Crippen molar-refractivity contribution in [3.63, 3.8) is 0 Å². The number of likely N-dealkylation sites (tertiary alicyclic amines) is 1. The molecule has 2 amide bonds. The van der Waals surface area contributed by atoms with Crippen molar-refractivity contribution in [1.29, 1.82) is 0 Å². The number of nitrogens with zero attached hydrogens (tertiary/aromatic N) is 3. The molecule has 2 aliphatic rings. The topological polar surface area (TPSA) is 174 Å². The molecule has 12 heteroatoms. The Labute approximate surface area is 179 Å². The monoisotopic (exact) mass is 438 g/mol. The van der Waals surface area contributed by atoms with Gasteiger partial charge < -0.3 is 31.0 Å². The summed E-state index contributed by atoms with van der Waals surface area (Å²) in [6, 6.07) is -1.85. The normalized spacial score (nSPS) is 23.0. The van der Waals surface area contributed by atoms with E-state index in [2.05, 4.69) is 15.3 Å². The number of aliphatic hydroxyl groups is 2. The van der Waals surface area contributed by atoms with Crippen LogP contribution in [0.4, 0.5) is 22.2 Å². The zero-order chi connectivity index (χ0) is 23.1. The Balaban J connectivity index is 2.01. The molecular weight excluding hydrogens is 408 g/mol. The summed E-state index contributed by atoms with van der Waals surface area (Å²) in [4.78, 5) is 47.8. The van der Waals surface area contributed by atoms with Gasteiger partial charge in [0.05, 0.1) is 12.1 Å². The molecule has 0 radical (unpaired) electrons. The third kappa shape index (κ3) is 4.59. The lowest BCUT2D eigenvalue weighted by molar-refractivity contribution is -0.124. The molecule has 4 unspecified atom stereocenters. The molecule has 4 atom stereocenters. The number of nitrogens with one attached hydrogen (secondary N) is 2. The molecule has 1 aromatic rings. The minimum Gasteiger partial charge on any atom is -0.444 e. The average molecular weight is 438 g/mol. The Morgan fingerprint density at radius 3 is 2.61 bits per heavy atom. The highest BCUT2D eigenvalue weighted by Crippen LogP contribution is 2.32. The number of amides is 2. The van der Waals surface area contributed by atoms with Crippen molar-refractivity contribution in [3.8, 4) is 0 Å². The van der Waals surface area contributed by atoms with Crippen LogP contribution in [-0.4, -0.2) is 80.1 Å². The second-order valence-electron chi connectivity index (χ2n) is 8.87. The van der Waals surface area contributed by atoms with E-state index in [1.807, 2.05) is 0 Å². The minimum atomic E-state index is -1.35. The van der Waals surface area contributed by atoms with Crippen molar-refractivity contribution in [2.75, 3.05) is 29.0 Å². The average Bonchev–Trinajstić information content (AvgIpc) is 3.14. The quantitative estimate of drug-likeness (QED) is 0.421. The summed E-state index contributed by atoms with van der Waals surface area (Å²) < 4.78 is 5.43. The molecular formula is C19H30N6O6. The predicted octanol–water partition coefficient (Wildman–Crippen LogP) is -0.380. The maximum absolute atomic E-state index is 13.7. The molecule has 12 nitrogen and oxygen atoms in total. The number of fused-ring (bicyclic) bond motifs is 1. The number of rotatable bonds is 3. The number of aliphatic hydroxyl groups excluding tert-OH is 2. The number of aromatic nitrogens is 2. The lowest BCUT2D eigenvalue weighted by atomic mass is 10.00. The minimum absolute atomic E-state index is 0.0450. The van der Waals surface area contributed by atoms with Crippen molar-refractivity contribution in [1.82, 2.24) is 14.9 Å². The summed E-state index contributed by atoms with van der Waals surface area (Å²) >= 11 is 0. The molecule has 1 aromatic heterocycles. The van der Waals surface area contributed by atoms with Crippen LogP contribution in [0.25, 0.3) is 0 Å². The van der Waals surface area contributed by atoms with Crippen LogP contribution in [0.2, 0.25) is 0 Å². The largest absolute Gasteiger partial charge is 0.444 e. The molecule has 172 valence electrons. The Hall–Kier alpha value is -2.86. The highest BCUT2D eigenvalue weighted by atomic mass is 16.6. The van der Waals surface area contributed by atoms with E-state index in [0.717, 1.165) is 4.90 Å². The molecule has 0 spiro atoms. The van der Waals surface area contributed by atoms with Gasteiger partial charge in [0.25, 0.3) is 5.91 Å². The molecule has 1 saturated heterocycles. The molecule has 0 aliphatic carbocycles. The van der Waals surface area contributed by atoms with Crippen LogP contribution >= 0.6 is 0 Å². The van der Waals surface area contributed by atoms with Crippen LogP contribution in [0.15, 0.2) is 4.79 Å². The number of carbonyl (C=O) groups excluding carboxylic acids is 2. The van der Waals surface area contributed by atoms with Gasteiger partial charge >= 0.3 is 11.7 Å². The lowest BCUT2D eigenvalue weighted by Crippen LogP contribution is -2.61. The molecule has 3 heterocycles. The molecule has 3 rings (SSSR count). The molecule has 2 aliphatic heterocycles. The van der Waals surface area contributed by atoms with Gasteiger partial charge in [0.1, 0.15) is 23.6 Å². The molecule has 0 bridgehead atoms. The third-order valence-electron chi connectivity index (χ3n) is 5.27. The van der Waals surface area contributed by atoms with E-state index < -0.39 is 47.5 Å². The SMILES string of the molecule is CC(O)C(O)C1CNc2[nH]c(N)nc(=O)c2N1C(=O)C1CCCN1C(=O)OC(C)(C)C. The number of ether oxygens (including phenoxy) is 1. The summed E-state index contributed by atoms with van der Waals surface area (Å²) in [5.74, 6) is -0.510. The molecule has 31 heavy (non-hydrogen) atoms. The van der Waals surface area contributed by atoms with E-state index in [0.29, 0.717) is 19.4 Å². The van der Waals surface area contributed by atoms with Crippen LogP contribution in [0.5, 0.6) is 0 Å². The first kappa shape index (κ1) is 22.8. The second-order valence-corrected chi connectivity index (χ2v) is 8.87. The smallest absolute Gasteiger partial charge is 0.410 e. The van der Waals surface area contributed by atoms with Gasteiger partial charge in [0.2, 0.25) is 5.95 Å². The van der Waals surface area contributed by atoms with E-state index in [1.165, 1.54) is 11.8 Å². The Morgan fingerprint density at radius 2 is 2.00 bits per heavy atom. The lowest BCUT2D eigenvalue weighted by Gasteiger charge is -2.41. The molecule has 0 aromatic carbocycles. The van der Waals surface area contributed by atoms with Crippen LogP contribution in [0.1, 0.15) is 40.5 Å². The summed E-state index contributed by atoms with van der Waals surface area (Å²) in [7, 11) is 0. The van der Waals surface area contributed by atoms with Gasteiger partial charge in [-0.25, -0.2) is 4.79 Å². The van der Waals surface area contributed by atoms with Crippen LogP contribution in [0, 0.1) is 0 Å². The van der Waals surface area contributed by atoms with E-state index in [9.17, 15) is 24.6 Å². The van der Waals surface area contributed by atoms with Crippen molar-refractivity contribution in [3.05, 3.63) is 10.4 Å². The van der Waals surface area contributed by atoms with Gasteiger partial charge in [-0.3, -0.25) is 19.4 Å². The Bertz CT molecular complexity index is 910. The first-order chi connectivity index (χ1) is 14.4. The fourth-order valence-corrected chi connectivity index (χ4v) is 3.89. The van der Waals surface area contributed by atoms with E-state index in [4.69, 9.17) is 10.5 Å². The zero-order valence-corrected chi connectivity index (χ0v) is 18.1. The molecule has 6 N–H and O–H groups in total. The molecule has 1 fully saturated rings. The zero-order valence-electron chi connectivity index (χ0n) is 18.1. The predicted molar refractivity (Wildman–Crippen MR) is 113 cm³/mol. The third-order valence-corrected chi connectivity index (χ3v) is 5.27. The Morgan fingerprint density at radius 1 is 1.32 bits per heavy atom. The first-order valence-electron chi connectivity index (χ1n) is 10.2. The van der Waals surface area contributed by atoms with Gasteiger partial charge in [0, 0.05) is 13.1 Å². The number of H-pyrrole nitrogens is 1. The highest BCUT2D eigenvalue weighted by molar-refractivity contribution is 6.02. The van der Waals surface area contributed by atoms with Gasteiger partial charge in [0.15, 0.2) is 5.69 Å². The summed E-state index contributed by atoms with van der Waals surface area (Å²) in [5, 5.41) is 23.4. The summed E-state index contributed by atoms with van der Waals surface area (Å²) in [5.41, 5.74) is 4.00. The van der Waals surface area contributed by atoms with E-state index >= 15 is 0 Å². The van der Waals surface area contributed by atoms with Crippen LogP contribution in [0.3, 0.4) is 0 Å². The maximum Gasteiger partial charge on any atom is 0.410 e. The number of hydrogen-bond donors (Lipinski definition) is 5. The Kier molecular flexibility index (Phi) is 6.14. The highest BCUT2D eigenvalue weighted by Gasteiger charge is 2.45. The molecule has 0 saturated carbocycles. The number of nitrogen functional groups attached to an aromatic ring is 1. The second kappa shape index (κ2) is 8.35. The van der Waals surface area contributed by atoms with E-state index in [1.54, 1.807) is 20.8 Å². The van der Waals surface area contributed by atoms with Gasteiger partial charge in [-0.2, -0.15) is 4.98 Å². The van der Waals surface area contributed by atoms with Crippen molar-refractivity contribution in [2.24, 2.45) is 0 Å². The van der Waals surface area contributed by atoms with Gasteiger partial charge in [-0.1, -0.05) is 0 Å². The summed E-state index contributed by atoms with van der Waals surface area (Å²) in [6.45, 7) is 6.95. The number of carbonyl (C=O) groups is 2.